The number of nitrogens with zero attached hydrogens (tertiary/aromatic N) is 1. The van der Waals surface area contributed by atoms with Crippen LogP contribution in [0.5, 0.6) is 0 Å². The molecule has 164 valence electrons. The number of aryl methyl sites for hydroxylation is 1. The van der Waals surface area contributed by atoms with Gasteiger partial charge < -0.3 is 9.64 Å². The molecule has 1 fully saturated rings. The van der Waals surface area contributed by atoms with Crippen molar-refractivity contribution in [2.75, 3.05) is 41.8 Å². The maximum Gasteiger partial charge on any atom is 0.416 e. The van der Waals surface area contributed by atoms with Crippen LogP contribution >= 0.6 is 11.6 Å². The van der Waals surface area contributed by atoms with Crippen LogP contribution in [0.15, 0.2) is 47.4 Å². The van der Waals surface area contributed by atoms with Gasteiger partial charge in [0.05, 0.1) is 35.0 Å². The second kappa shape index (κ2) is 9.45. The smallest absolute Gasteiger partial charge is 0.378 e. The highest BCUT2D eigenvalue weighted by Crippen LogP contribution is 2.36. The predicted octanol–water partition coefficient (Wildman–Crippen LogP) is 4.51. The fraction of sp³-hybridized carbons (Fsp3) is 0.400. The number of nitrogens with one attached hydrogen (secondary N) is 1. The Balaban J connectivity index is 1.92. The third-order valence-corrected chi connectivity index (χ3v) is 6.40. The second-order valence-corrected chi connectivity index (χ2v) is 8.93. The number of alkyl halides is 4. The van der Waals surface area contributed by atoms with Crippen molar-refractivity contribution in [1.29, 1.82) is 0 Å². The van der Waals surface area contributed by atoms with Crippen LogP contribution in [0.1, 0.15) is 17.5 Å². The van der Waals surface area contributed by atoms with Gasteiger partial charge in [-0.3, -0.25) is 4.72 Å². The van der Waals surface area contributed by atoms with E-state index in [1.165, 1.54) is 18.2 Å². The van der Waals surface area contributed by atoms with Gasteiger partial charge in [-0.05, 0) is 48.7 Å². The molecule has 1 N–H and O–H groups in total. The number of sulfonamides is 1. The van der Waals surface area contributed by atoms with Gasteiger partial charge in [0.25, 0.3) is 10.0 Å². The monoisotopic (exact) mass is 462 g/mol. The van der Waals surface area contributed by atoms with Crippen LogP contribution in [0.4, 0.5) is 24.5 Å². The molecule has 5 nitrogen and oxygen atoms in total. The molecule has 0 aromatic heterocycles. The molecule has 0 spiro atoms. The number of ether oxygens (including phenoxy) is 1. The zero-order valence-corrected chi connectivity index (χ0v) is 17.7. The summed E-state index contributed by atoms with van der Waals surface area (Å²) >= 11 is 5.67. The Morgan fingerprint density at radius 1 is 1.07 bits per heavy atom. The normalized spacial score (nSPS) is 15.3. The van der Waals surface area contributed by atoms with Crippen LogP contribution < -0.4 is 9.62 Å². The number of benzene rings is 2. The average molecular weight is 463 g/mol. The van der Waals surface area contributed by atoms with E-state index in [-0.39, 0.29) is 10.6 Å². The van der Waals surface area contributed by atoms with Crippen molar-refractivity contribution >= 4 is 33.0 Å². The molecule has 0 bridgehead atoms. The fourth-order valence-corrected chi connectivity index (χ4v) is 4.38. The van der Waals surface area contributed by atoms with Crippen molar-refractivity contribution in [3.05, 3.63) is 53.6 Å². The highest BCUT2D eigenvalue weighted by molar-refractivity contribution is 7.92. The molecule has 2 aromatic carbocycles. The third-order valence-electron chi connectivity index (χ3n) is 4.75. The van der Waals surface area contributed by atoms with Crippen molar-refractivity contribution in [1.82, 2.24) is 0 Å². The van der Waals surface area contributed by atoms with Gasteiger partial charge in [-0.15, -0.1) is 11.6 Å². The van der Waals surface area contributed by atoms with E-state index in [4.69, 9.17) is 16.3 Å². The minimum atomic E-state index is -4.59. The lowest BCUT2D eigenvalue weighted by Crippen LogP contribution is -2.36. The summed E-state index contributed by atoms with van der Waals surface area (Å²) in [5.74, 6) is 0.501. The van der Waals surface area contributed by atoms with Crippen molar-refractivity contribution in [2.45, 2.75) is 23.9 Å². The first-order valence-corrected chi connectivity index (χ1v) is 11.4. The number of hydrogen-bond acceptors (Lipinski definition) is 4. The van der Waals surface area contributed by atoms with Gasteiger partial charge in [-0.2, -0.15) is 13.2 Å². The van der Waals surface area contributed by atoms with Crippen molar-refractivity contribution in [3.8, 4) is 0 Å². The Hall–Kier alpha value is -1.97. The molecule has 30 heavy (non-hydrogen) atoms. The van der Waals surface area contributed by atoms with Crippen LogP contribution in [0.2, 0.25) is 0 Å². The molecular formula is C20H22ClF3N2O3S. The van der Waals surface area contributed by atoms with Gasteiger partial charge >= 0.3 is 6.18 Å². The van der Waals surface area contributed by atoms with E-state index in [1.54, 1.807) is 17.0 Å². The quantitative estimate of drug-likeness (QED) is 0.615. The lowest BCUT2D eigenvalue weighted by molar-refractivity contribution is -0.137. The van der Waals surface area contributed by atoms with Gasteiger partial charge in [-0.25, -0.2) is 8.42 Å². The van der Waals surface area contributed by atoms with Crippen LogP contribution in [0.25, 0.3) is 0 Å². The van der Waals surface area contributed by atoms with Gasteiger partial charge in [0.1, 0.15) is 0 Å². The summed E-state index contributed by atoms with van der Waals surface area (Å²) in [6, 6.07) is 9.31. The molecule has 0 unspecified atom stereocenters. The SMILES string of the molecule is O=S(=O)(Nc1cc(C(F)(F)F)ccc1N1CCOCC1)c1ccc(CCCCl)cc1. The van der Waals surface area contributed by atoms with Crippen LogP contribution in [-0.4, -0.2) is 40.6 Å². The summed E-state index contributed by atoms with van der Waals surface area (Å²) in [6.45, 7) is 1.73. The number of anilines is 2. The summed E-state index contributed by atoms with van der Waals surface area (Å²) in [5, 5.41) is 0. The average Bonchev–Trinajstić information content (AvgIpc) is 2.72. The summed E-state index contributed by atoms with van der Waals surface area (Å²) in [7, 11) is -4.08. The minimum absolute atomic E-state index is 0.0255. The molecule has 1 heterocycles. The topological polar surface area (TPSA) is 58.6 Å². The molecule has 3 rings (SSSR count). The molecule has 0 radical (unpaired) electrons. The predicted molar refractivity (Wildman–Crippen MR) is 111 cm³/mol. The van der Waals surface area contributed by atoms with Crippen molar-refractivity contribution < 1.29 is 26.3 Å². The first kappa shape index (κ1) is 22.7. The summed E-state index contributed by atoms with van der Waals surface area (Å²) in [6.07, 6.45) is -3.11. The minimum Gasteiger partial charge on any atom is -0.378 e. The van der Waals surface area contributed by atoms with Crippen molar-refractivity contribution in [2.24, 2.45) is 0 Å². The third kappa shape index (κ3) is 5.59. The summed E-state index contributed by atoms with van der Waals surface area (Å²) in [4.78, 5) is 1.78. The highest BCUT2D eigenvalue weighted by Gasteiger charge is 2.32. The Bertz CT molecular complexity index is 960. The Labute approximate surface area is 178 Å². The Morgan fingerprint density at radius 2 is 1.73 bits per heavy atom. The van der Waals surface area contributed by atoms with E-state index in [9.17, 15) is 21.6 Å². The largest absolute Gasteiger partial charge is 0.416 e. The molecule has 1 aliphatic rings. The van der Waals surface area contributed by atoms with E-state index < -0.39 is 21.8 Å². The molecule has 1 saturated heterocycles. The number of rotatable bonds is 7. The van der Waals surface area contributed by atoms with E-state index in [0.717, 1.165) is 24.1 Å². The van der Waals surface area contributed by atoms with E-state index in [0.29, 0.717) is 44.3 Å². The molecule has 0 saturated carbocycles. The van der Waals surface area contributed by atoms with Gasteiger partial charge in [0.15, 0.2) is 0 Å². The second-order valence-electron chi connectivity index (χ2n) is 6.87. The first-order valence-electron chi connectivity index (χ1n) is 9.42. The summed E-state index contributed by atoms with van der Waals surface area (Å²) in [5.41, 5.74) is 0.280. The highest BCUT2D eigenvalue weighted by atomic mass is 35.5. The first-order chi connectivity index (χ1) is 14.2. The lowest BCUT2D eigenvalue weighted by Gasteiger charge is -2.31. The van der Waals surface area contributed by atoms with Gasteiger partial charge in [0, 0.05) is 19.0 Å². The molecule has 0 atom stereocenters. The van der Waals surface area contributed by atoms with Crippen molar-refractivity contribution in [3.63, 3.8) is 0 Å². The maximum atomic E-state index is 13.2. The van der Waals surface area contributed by atoms with E-state index in [1.807, 2.05) is 0 Å². The maximum absolute atomic E-state index is 13.2. The van der Waals surface area contributed by atoms with E-state index >= 15 is 0 Å². The molecule has 0 aliphatic carbocycles. The number of halogens is 4. The molecule has 2 aromatic rings. The standard InChI is InChI=1S/C20H22ClF3N2O3S/c21-9-1-2-15-3-6-17(7-4-15)30(27,28)25-18-14-16(20(22,23)24)5-8-19(18)26-10-12-29-13-11-26/h3-8,14,25H,1-2,9-13H2. The summed E-state index contributed by atoms with van der Waals surface area (Å²) < 4.78 is 73.0. The van der Waals surface area contributed by atoms with Gasteiger partial charge in [-0.1, -0.05) is 12.1 Å². The molecule has 0 amide bonds. The zero-order chi connectivity index (χ0) is 21.8. The molecule has 10 heteroatoms. The Kier molecular flexibility index (Phi) is 7.15. The number of morpholine rings is 1. The molecule has 1 aliphatic heterocycles. The van der Waals surface area contributed by atoms with Crippen LogP contribution in [0.3, 0.4) is 0 Å². The van der Waals surface area contributed by atoms with Crippen LogP contribution in [0, 0.1) is 0 Å². The molecular weight excluding hydrogens is 441 g/mol. The fourth-order valence-electron chi connectivity index (χ4n) is 3.18. The Morgan fingerprint density at radius 3 is 2.33 bits per heavy atom. The zero-order valence-electron chi connectivity index (χ0n) is 16.1. The van der Waals surface area contributed by atoms with Crippen LogP contribution in [-0.2, 0) is 27.4 Å². The lowest BCUT2D eigenvalue weighted by atomic mass is 10.1. The number of hydrogen-bond donors (Lipinski definition) is 1. The van der Waals surface area contributed by atoms with Gasteiger partial charge in [0.2, 0.25) is 0 Å². The van der Waals surface area contributed by atoms with E-state index in [2.05, 4.69) is 4.72 Å².